The second-order valence-corrected chi connectivity index (χ2v) is 11.0. The molecular weight excluding hydrogens is 522 g/mol. The molecule has 3 heterocycles. The lowest BCUT2D eigenvalue weighted by Crippen LogP contribution is -2.63. The van der Waals surface area contributed by atoms with E-state index < -0.39 is 34.9 Å². The maximum Gasteiger partial charge on any atom is 0.356 e. The summed E-state index contributed by atoms with van der Waals surface area (Å²) < 4.78 is 6.97. The smallest absolute Gasteiger partial charge is 0.356 e. The first-order valence-electron chi connectivity index (χ1n) is 11.4. The van der Waals surface area contributed by atoms with E-state index in [9.17, 15) is 29.6 Å². The van der Waals surface area contributed by atoms with E-state index in [4.69, 9.17) is 4.74 Å². The highest BCUT2D eigenvalue weighted by molar-refractivity contribution is 8.03. The zero-order valence-electron chi connectivity index (χ0n) is 20.5. The van der Waals surface area contributed by atoms with Crippen LogP contribution in [0.5, 0.6) is 0 Å². The first kappa shape index (κ1) is 26.7. The molecule has 2 aliphatic rings. The number of aromatic nitrogens is 2. The van der Waals surface area contributed by atoms with Gasteiger partial charge in [-0.3, -0.25) is 19.7 Å². The monoisotopic (exact) mass is 547 g/mol. The number of rotatable bonds is 8. The number of hydrogen-bond donors (Lipinski definition) is 1. The van der Waals surface area contributed by atoms with E-state index >= 15 is 0 Å². The number of β-lactam (4-membered cyclic amide) rings is 1. The summed E-state index contributed by atoms with van der Waals surface area (Å²) in [5, 5.41) is 25.9. The van der Waals surface area contributed by atoms with Gasteiger partial charge >= 0.3 is 5.97 Å². The Hall–Kier alpha value is -3.36. The predicted molar refractivity (Wildman–Crippen MR) is 134 cm³/mol. The van der Waals surface area contributed by atoms with E-state index in [1.165, 1.54) is 52.1 Å². The van der Waals surface area contributed by atoms with Gasteiger partial charge in [-0.1, -0.05) is 18.3 Å². The SMILES string of the molecule is Cc1nn(C)c(=NC(=O)CSC2=C(C(=O)OCc3ccc([N+](=O)[O-])cc3)N3C(=O)[C@H]([C@@H](C)O)[C@H]3[C@H]2C)s1. The van der Waals surface area contributed by atoms with Gasteiger partial charge in [0.1, 0.15) is 17.3 Å². The summed E-state index contributed by atoms with van der Waals surface area (Å²) in [6.45, 7) is 5.02. The van der Waals surface area contributed by atoms with Crippen LogP contribution >= 0.6 is 23.1 Å². The van der Waals surface area contributed by atoms with Gasteiger partial charge in [0, 0.05) is 30.0 Å². The highest BCUT2D eigenvalue weighted by Gasteiger charge is 2.60. The third kappa shape index (κ3) is 5.22. The average molecular weight is 548 g/mol. The second kappa shape index (κ2) is 10.6. The van der Waals surface area contributed by atoms with Gasteiger partial charge in [-0.05, 0) is 31.5 Å². The van der Waals surface area contributed by atoms with Gasteiger partial charge in [-0.2, -0.15) is 10.1 Å². The number of aryl methyl sites for hydroxylation is 2. The van der Waals surface area contributed by atoms with Crippen LogP contribution in [-0.2, 0) is 32.8 Å². The van der Waals surface area contributed by atoms with Crippen LogP contribution in [0.4, 0.5) is 5.69 Å². The largest absolute Gasteiger partial charge is 0.456 e. The van der Waals surface area contributed by atoms with E-state index in [-0.39, 0.29) is 35.6 Å². The number of benzene rings is 1. The highest BCUT2D eigenvalue weighted by atomic mass is 32.2. The second-order valence-electron chi connectivity index (χ2n) is 8.79. The molecule has 1 aromatic carbocycles. The van der Waals surface area contributed by atoms with Gasteiger partial charge in [0.15, 0.2) is 0 Å². The van der Waals surface area contributed by atoms with Crippen molar-refractivity contribution in [3.63, 3.8) is 0 Å². The number of nitro groups is 1. The summed E-state index contributed by atoms with van der Waals surface area (Å²) in [6.07, 6.45) is -0.899. The molecule has 2 aromatic rings. The molecule has 0 radical (unpaired) electrons. The van der Waals surface area contributed by atoms with Crippen molar-refractivity contribution >= 4 is 46.6 Å². The number of ether oxygens (including phenoxy) is 1. The predicted octanol–water partition coefficient (Wildman–Crippen LogP) is 1.67. The fourth-order valence-electron chi connectivity index (χ4n) is 4.48. The molecule has 1 fully saturated rings. The minimum Gasteiger partial charge on any atom is -0.456 e. The first-order valence-corrected chi connectivity index (χ1v) is 13.2. The number of non-ortho nitro benzene ring substituents is 1. The third-order valence-corrected chi connectivity index (χ3v) is 8.38. The maximum atomic E-state index is 13.2. The topological polar surface area (TPSA) is 157 Å². The normalized spacial score (nSPS) is 22.1. The van der Waals surface area contributed by atoms with Crippen molar-refractivity contribution in [2.24, 2.45) is 23.9 Å². The van der Waals surface area contributed by atoms with Crippen molar-refractivity contribution in [2.75, 3.05) is 5.75 Å². The Morgan fingerprint density at radius 1 is 1.35 bits per heavy atom. The Morgan fingerprint density at radius 3 is 2.59 bits per heavy atom. The van der Waals surface area contributed by atoms with E-state index in [0.717, 1.165) is 16.8 Å². The Kier molecular flexibility index (Phi) is 7.62. The third-order valence-electron chi connectivity index (χ3n) is 6.20. The van der Waals surface area contributed by atoms with Crippen LogP contribution < -0.4 is 4.80 Å². The van der Waals surface area contributed by atoms with Gasteiger partial charge < -0.3 is 14.7 Å². The number of thioether (sulfide) groups is 1. The number of carbonyl (C=O) groups excluding carboxylic acids is 3. The highest BCUT2D eigenvalue weighted by Crippen LogP contribution is 2.50. The molecule has 0 bridgehead atoms. The Bertz CT molecular complexity index is 1360. The summed E-state index contributed by atoms with van der Waals surface area (Å²) >= 11 is 2.40. The molecule has 2 aliphatic heterocycles. The summed E-state index contributed by atoms with van der Waals surface area (Å²) in [7, 11) is 1.69. The molecule has 2 amide bonds. The lowest BCUT2D eigenvalue weighted by molar-refractivity contribution is -0.384. The molecule has 0 aliphatic carbocycles. The molecule has 196 valence electrons. The summed E-state index contributed by atoms with van der Waals surface area (Å²) in [5.41, 5.74) is 0.504. The van der Waals surface area contributed by atoms with Crippen molar-refractivity contribution in [3.8, 4) is 0 Å². The molecule has 0 saturated carbocycles. The molecule has 14 heteroatoms. The Morgan fingerprint density at radius 2 is 2.03 bits per heavy atom. The van der Waals surface area contributed by atoms with Gasteiger partial charge in [-0.25, -0.2) is 9.48 Å². The molecule has 1 aromatic heterocycles. The summed E-state index contributed by atoms with van der Waals surface area (Å²) in [6, 6.07) is 5.16. The maximum absolute atomic E-state index is 13.2. The van der Waals surface area contributed by atoms with Crippen molar-refractivity contribution in [1.82, 2.24) is 14.7 Å². The fraction of sp³-hybridized carbons (Fsp3) is 0.435. The first-order chi connectivity index (χ1) is 17.5. The van der Waals surface area contributed by atoms with Crippen molar-refractivity contribution in [1.29, 1.82) is 0 Å². The number of hydrogen-bond acceptors (Lipinski definition) is 10. The zero-order chi connectivity index (χ0) is 27.0. The average Bonchev–Trinajstić information content (AvgIpc) is 3.28. The van der Waals surface area contributed by atoms with Gasteiger partial charge in [0.2, 0.25) is 10.7 Å². The Balaban J connectivity index is 1.55. The van der Waals surface area contributed by atoms with Crippen LogP contribution in [0.3, 0.4) is 0 Å². The lowest BCUT2D eigenvalue weighted by Gasteiger charge is -2.46. The standard InChI is InChI=1S/C23H25N5O7S2/c1-11-18-17(12(2)29)21(31)27(18)19(22(32)35-9-14-5-7-15(8-6-14)28(33)34)20(11)36-10-16(30)24-23-26(4)25-13(3)37-23/h5-8,11-12,17-18,29H,9-10H2,1-4H3/t11-,12-,17-,18-/m1/s1. The molecule has 4 atom stereocenters. The molecule has 4 rings (SSSR count). The number of aliphatic hydroxyl groups is 1. The zero-order valence-corrected chi connectivity index (χ0v) is 22.1. The van der Waals surface area contributed by atoms with Crippen molar-refractivity contribution in [3.05, 3.63) is 60.4 Å². The number of esters is 1. The number of carbonyl (C=O) groups is 3. The van der Waals surface area contributed by atoms with E-state index in [0.29, 0.717) is 15.3 Å². The Labute approximate surface area is 219 Å². The van der Waals surface area contributed by atoms with E-state index in [1.54, 1.807) is 7.05 Å². The van der Waals surface area contributed by atoms with Crippen LogP contribution in [0.25, 0.3) is 0 Å². The number of aliphatic hydroxyl groups excluding tert-OH is 1. The molecule has 37 heavy (non-hydrogen) atoms. The molecule has 0 unspecified atom stereocenters. The van der Waals surface area contributed by atoms with Crippen LogP contribution in [0, 0.1) is 28.9 Å². The van der Waals surface area contributed by atoms with Crippen LogP contribution in [-0.4, -0.2) is 60.4 Å². The summed E-state index contributed by atoms with van der Waals surface area (Å²) in [5.74, 6) is -2.59. The fourth-order valence-corrected chi connectivity index (χ4v) is 6.30. The molecule has 0 spiro atoms. The molecule has 1 N–H and O–H groups in total. The van der Waals surface area contributed by atoms with Crippen molar-refractivity contribution in [2.45, 2.75) is 39.5 Å². The molecule has 12 nitrogen and oxygen atoms in total. The lowest BCUT2D eigenvalue weighted by atomic mass is 9.79. The number of fused-ring (bicyclic) bond motifs is 1. The van der Waals surface area contributed by atoms with Crippen LogP contribution in [0.2, 0.25) is 0 Å². The van der Waals surface area contributed by atoms with E-state index in [1.807, 2.05) is 13.8 Å². The number of nitro benzene ring substituents is 1. The summed E-state index contributed by atoms with van der Waals surface area (Å²) in [4.78, 5) is 55.3. The number of amides is 2. The minimum absolute atomic E-state index is 0.0540. The van der Waals surface area contributed by atoms with Crippen molar-refractivity contribution < 1.29 is 29.2 Å². The van der Waals surface area contributed by atoms with Gasteiger partial charge in [-0.15, -0.1) is 11.8 Å². The minimum atomic E-state index is -0.899. The molecular formula is C23H25N5O7S2. The van der Waals surface area contributed by atoms with E-state index in [2.05, 4.69) is 10.1 Å². The van der Waals surface area contributed by atoms with Gasteiger partial charge in [0.25, 0.3) is 11.6 Å². The molecule has 1 saturated heterocycles. The van der Waals surface area contributed by atoms with Gasteiger partial charge in [0.05, 0.1) is 28.7 Å². The number of nitrogens with zero attached hydrogens (tertiary/aromatic N) is 5. The van der Waals surface area contributed by atoms with Crippen LogP contribution in [0.1, 0.15) is 24.4 Å². The quantitative estimate of drug-likeness (QED) is 0.225. The van der Waals surface area contributed by atoms with Crippen LogP contribution in [0.15, 0.2) is 39.9 Å².